The molecule has 0 N–H and O–H groups in total. The summed E-state index contributed by atoms with van der Waals surface area (Å²) >= 11 is 7.20. The lowest BCUT2D eigenvalue weighted by Crippen LogP contribution is -2.43. The first-order valence-electron chi connectivity index (χ1n) is 4.20. The van der Waals surface area contributed by atoms with Gasteiger partial charge in [0.05, 0.1) is 6.04 Å². The van der Waals surface area contributed by atoms with Gasteiger partial charge in [-0.25, -0.2) is 9.69 Å². The van der Waals surface area contributed by atoms with Crippen LogP contribution in [-0.4, -0.2) is 46.9 Å². The number of carbonyl (C=O) groups excluding carboxylic acids is 2. The van der Waals surface area contributed by atoms with Crippen molar-refractivity contribution < 1.29 is 14.3 Å². The molecule has 2 amide bonds. The van der Waals surface area contributed by atoms with E-state index in [1.165, 1.54) is 0 Å². The van der Waals surface area contributed by atoms with Crippen molar-refractivity contribution in [2.75, 3.05) is 18.6 Å². The molecule has 0 aliphatic carbocycles. The number of ether oxygens (including phenoxy) is 1. The van der Waals surface area contributed by atoms with Gasteiger partial charge in [0.15, 0.2) is 0 Å². The molecule has 14 heavy (non-hydrogen) atoms. The first-order valence-corrected chi connectivity index (χ1v) is 6.03. The van der Waals surface area contributed by atoms with Gasteiger partial charge in [-0.1, -0.05) is 0 Å². The number of hydrogen-bond donors (Lipinski definition) is 0. The van der Waals surface area contributed by atoms with E-state index in [1.54, 1.807) is 18.7 Å². The van der Waals surface area contributed by atoms with E-state index < -0.39 is 11.5 Å². The Morgan fingerprint density at radius 1 is 1.86 bits per heavy atom. The summed E-state index contributed by atoms with van der Waals surface area (Å²) in [4.78, 5) is 23.9. The number of imide groups is 1. The number of thioether (sulfide) groups is 1. The normalized spacial score (nSPS) is 23.5. The van der Waals surface area contributed by atoms with E-state index in [0.29, 0.717) is 5.75 Å². The van der Waals surface area contributed by atoms with Crippen molar-refractivity contribution in [3.05, 3.63) is 0 Å². The predicted octanol–water partition coefficient (Wildman–Crippen LogP) is 1.32. The maximum Gasteiger partial charge on any atom is 0.417 e. The molecule has 0 aromatic carbocycles. The minimum atomic E-state index is -0.690. The van der Waals surface area contributed by atoms with Crippen molar-refractivity contribution in [2.45, 2.75) is 18.3 Å². The summed E-state index contributed by atoms with van der Waals surface area (Å²) in [6.07, 6.45) is 1.33. The van der Waals surface area contributed by atoms with Gasteiger partial charge in [-0.05, 0) is 13.2 Å². The van der Waals surface area contributed by atoms with Crippen LogP contribution in [-0.2, 0) is 9.53 Å². The maximum atomic E-state index is 11.5. The summed E-state index contributed by atoms with van der Waals surface area (Å²) in [7, 11) is 0. The minimum Gasteiger partial charge on any atom is -0.447 e. The van der Waals surface area contributed by atoms with Crippen LogP contribution in [0.15, 0.2) is 0 Å². The number of halogens is 1. The van der Waals surface area contributed by atoms with Crippen molar-refractivity contribution >= 4 is 35.4 Å². The van der Waals surface area contributed by atoms with Crippen LogP contribution in [0.2, 0.25) is 0 Å². The summed E-state index contributed by atoms with van der Waals surface area (Å²) in [5.74, 6) is 0.300. The number of carbonyl (C=O) groups is 2. The van der Waals surface area contributed by atoms with Gasteiger partial charge in [0.25, 0.3) is 0 Å². The molecule has 1 heterocycles. The summed E-state index contributed by atoms with van der Waals surface area (Å²) in [5.41, 5.74) is 0. The molecule has 1 fully saturated rings. The van der Waals surface area contributed by atoms with Gasteiger partial charge < -0.3 is 4.74 Å². The fourth-order valence-electron chi connectivity index (χ4n) is 1.24. The highest BCUT2D eigenvalue weighted by Crippen LogP contribution is 2.18. The largest absolute Gasteiger partial charge is 0.447 e. The van der Waals surface area contributed by atoms with Gasteiger partial charge in [0.2, 0.25) is 5.91 Å². The van der Waals surface area contributed by atoms with Gasteiger partial charge in [-0.3, -0.25) is 4.79 Å². The van der Waals surface area contributed by atoms with Crippen LogP contribution in [0.3, 0.4) is 0 Å². The molecule has 4 nitrogen and oxygen atoms in total. The van der Waals surface area contributed by atoms with Crippen LogP contribution in [0.1, 0.15) is 6.92 Å². The molecule has 0 bridgehead atoms. The zero-order valence-electron chi connectivity index (χ0n) is 8.03. The Hall–Kier alpha value is -0.420. The Morgan fingerprint density at radius 3 is 3.00 bits per heavy atom. The van der Waals surface area contributed by atoms with Gasteiger partial charge in [-0.15, -0.1) is 11.6 Å². The minimum absolute atomic E-state index is 0.175. The van der Waals surface area contributed by atoms with Gasteiger partial charge in [0, 0.05) is 5.75 Å². The molecule has 6 heteroatoms. The molecular formula is C8H12ClNO3S. The number of cyclic esters (lactones) is 1. The molecule has 0 spiro atoms. The zero-order chi connectivity index (χ0) is 10.7. The summed E-state index contributed by atoms with van der Waals surface area (Å²) in [5, 5.41) is -0.690. The lowest BCUT2D eigenvalue weighted by atomic mass is 10.3. The van der Waals surface area contributed by atoms with Crippen LogP contribution in [0.4, 0.5) is 4.79 Å². The molecule has 2 atom stereocenters. The average molecular weight is 238 g/mol. The van der Waals surface area contributed by atoms with Gasteiger partial charge in [-0.2, -0.15) is 11.8 Å². The molecular weight excluding hydrogens is 226 g/mol. The van der Waals surface area contributed by atoms with E-state index in [0.717, 1.165) is 4.90 Å². The van der Waals surface area contributed by atoms with Crippen LogP contribution in [0.25, 0.3) is 0 Å². The topological polar surface area (TPSA) is 46.6 Å². The van der Waals surface area contributed by atoms with E-state index in [4.69, 9.17) is 16.3 Å². The van der Waals surface area contributed by atoms with Crippen molar-refractivity contribution in [3.8, 4) is 0 Å². The van der Waals surface area contributed by atoms with E-state index >= 15 is 0 Å². The fourth-order valence-corrected chi connectivity index (χ4v) is 1.97. The third-order valence-corrected chi connectivity index (χ3v) is 2.80. The van der Waals surface area contributed by atoms with Crippen LogP contribution < -0.4 is 0 Å². The summed E-state index contributed by atoms with van der Waals surface area (Å²) in [6, 6.07) is -0.175. The van der Waals surface area contributed by atoms with Gasteiger partial charge in [0.1, 0.15) is 12.0 Å². The molecule has 1 rings (SSSR count). The molecule has 1 saturated heterocycles. The Bertz CT molecular complexity index is 247. The highest BCUT2D eigenvalue weighted by Gasteiger charge is 2.38. The highest BCUT2D eigenvalue weighted by molar-refractivity contribution is 7.98. The standard InChI is InChI=1S/C8H12ClNO3S/c1-5(9)7(11)10-6(4-14-2)3-13-8(10)12/h5-6H,3-4H2,1-2H3/t5?,6-/m0/s1. The quantitative estimate of drug-likeness (QED) is 0.695. The van der Waals surface area contributed by atoms with Crippen molar-refractivity contribution in [1.29, 1.82) is 0 Å². The Morgan fingerprint density at radius 2 is 2.50 bits per heavy atom. The third kappa shape index (κ3) is 2.33. The molecule has 0 saturated carbocycles. The summed E-state index contributed by atoms with van der Waals surface area (Å²) < 4.78 is 4.80. The third-order valence-electron chi connectivity index (χ3n) is 1.90. The maximum absolute atomic E-state index is 11.5. The lowest BCUT2D eigenvalue weighted by Gasteiger charge is -2.19. The smallest absolute Gasteiger partial charge is 0.417 e. The molecule has 1 unspecified atom stereocenters. The molecule has 0 aromatic rings. The zero-order valence-corrected chi connectivity index (χ0v) is 9.60. The van der Waals surface area contributed by atoms with Crippen molar-refractivity contribution in [3.63, 3.8) is 0 Å². The van der Waals surface area contributed by atoms with Crippen LogP contribution in [0.5, 0.6) is 0 Å². The number of rotatable bonds is 3. The van der Waals surface area contributed by atoms with E-state index in [2.05, 4.69) is 0 Å². The van der Waals surface area contributed by atoms with Crippen molar-refractivity contribution in [2.24, 2.45) is 0 Å². The predicted molar refractivity (Wildman–Crippen MR) is 55.7 cm³/mol. The van der Waals surface area contributed by atoms with E-state index in [1.807, 2.05) is 6.26 Å². The summed E-state index contributed by atoms with van der Waals surface area (Å²) in [6.45, 7) is 1.82. The SMILES string of the molecule is CSC[C@@H]1COC(=O)N1C(=O)C(C)Cl. The lowest BCUT2D eigenvalue weighted by molar-refractivity contribution is -0.128. The molecule has 0 radical (unpaired) electrons. The number of hydrogen-bond acceptors (Lipinski definition) is 4. The first-order chi connectivity index (χ1) is 6.57. The second-order valence-corrected chi connectivity index (χ2v) is 4.58. The molecule has 0 aromatic heterocycles. The number of nitrogens with zero attached hydrogens (tertiary/aromatic N) is 1. The van der Waals surface area contributed by atoms with Crippen LogP contribution in [0, 0.1) is 0 Å². The Labute approximate surface area is 91.9 Å². The second kappa shape index (κ2) is 4.89. The first kappa shape index (κ1) is 11.7. The number of amides is 2. The highest BCUT2D eigenvalue weighted by atomic mass is 35.5. The Balaban J connectivity index is 2.71. The monoisotopic (exact) mass is 237 g/mol. The average Bonchev–Trinajstić information content (AvgIpc) is 2.47. The molecule has 1 aliphatic heterocycles. The number of alkyl halides is 1. The molecule has 80 valence electrons. The fraction of sp³-hybridized carbons (Fsp3) is 0.750. The molecule has 1 aliphatic rings. The van der Waals surface area contributed by atoms with Crippen molar-refractivity contribution in [1.82, 2.24) is 4.90 Å². The van der Waals surface area contributed by atoms with E-state index in [9.17, 15) is 9.59 Å². The Kier molecular flexibility index (Phi) is 4.07. The van der Waals surface area contributed by atoms with E-state index in [-0.39, 0.29) is 18.6 Å². The second-order valence-electron chi connectivity index (χ2n) is 3.01. The van der Waals surface area contributed by atoms with Gasteiger partial charge >= 0.3 is 6.09 Å². The van der Waals surface area contributed by atoms with Crippen LogP contribution >= 0.6 is 23.4 Å².